The Morgan fingerprint density at radius 2 is 2.00 bits per heavy atom. The van der Waals surface area contributed by atoms with Crippen LogP contribution in [-0.2, 0) is 11.2 Å². The second-order valence-corrected chi connectivity index (χ2v) is 5.44. The van der Waals surface area contributed by atoms with Crippen LogP contribution in [-0.4, -0.2) is 19.1 Å². The highest BCUT2D eigenvalue weighted by Crippen LogP contribution is 2.23. The molecule has 1 N–H and O–H groups in total. The summed E-state index contributed by atoms with van der Waals surface area (Å²) < 4.78 is 5.75. The zero-order chi connectivity index (χ0) is 14.2. The van der Waals surface area contributed by atoms with Crippen molar-refractivity contribution in [3.8, 4) is 5.75 Å². The van der Waals surface area contributed by atoms with Gasteiger partial charge >= 0.3 is 0 Å². The lowest BCUT2D eigenvalue weighted by Crippen LogP contribution is -2.34. The molecule has 0 bridgehead atoms. The predicted octanol–water partition coefficient (Wildman–Crippen LogP) is 3.32. The number of carbonyl (C=O) groups is 1. The van der Waals surface area contributed by atoms with Crippen molar-refractivity contribution in [2.75, 3.05) is 13.2 Å². The van der Waals surface area contributed by atoms with Gasteiger partial charge in [-0.25, -0.2) is 0 Å². The number of para-hydroxylation sites is 1. The van der Waals surface area contributed by atoms with E-state index in [2.05, 4.69) is 18.3 Å². The Bertz CT molecular complexity index is 425. The number of benzene rings is 1. The number of ether oxygens (including phenoxy) is 1. The number of rotatable bonds is 6. The molecule has 3 heteroatoms. The molecular formula is C17H25NO2. The van der Waals surface area contributed by atoms with Crippen molar-refractivity contribution >= 4 is 5.91 Å². The number of nitrogens with one attached hydrogen (secondary N) is 1. The van der Waals surface area contributed by atoms with Gasteiger partial charge in [-0.15, -0.1) is 0 Å². The summed E-state index contributed by atoms with van der Waals surface area (Å²) >= 11 is 0. The molecule has 1 aromatic carbocycles. The molecule has 1 aromatic rings. The molecule has 1 saturated carbocycles. The minimum Gasteiger partial charge on any atom is -0.491 e. The van der Waals surface area contributed by atoms with Crippen molar-refractivity contribution in [3.05, 3.63) is 29.8 Å². The lowest BCUT2D eigenvalue weighted by Gasteiger charge is -2.20. The second kappa shape index (κ2) is 7.93. The molecule has 20 heavy (non-hydrogen) atoms. The molecule has 0 spiro atoms. The van der Waals surface area contributed by atoms with Gasteiger partial charge in [0.05, 0.1) is 6.54 Å². The fourth-order valence-corrected chi connectivity index (χ4v) is 2.78. The first kappa shape index (κ1) is 14.9. The maximum atomic E-state index is 12.0. The summed E-state index contributed by atoms with van der Waals surface area (Å²) in [6.07, 6.45) is 6.72. The standard InChI is InChI=1S/C17H25NO2/c1-2-14-8-6-7-11-16(14)20-13-12-18-17(19)15-9-4-3-5-10-15/h6-8,11,15H,2-5,9-10,12-13H2,1H3,(H,18,19). The molecule has 0 aromatic heterocycles. The summed E-state index contributed by atoms with van der Waals surface area (Å²) in [7, 11) is 0. The van der Waals surface area contributed by atoms with Crippen molar-refractivity contribution in [2.45, 2.75) is 45.4 Å². The van der Waals surface area contributed by atoms with Crippen LogP contribution in [0.15, 0.2) is 24.3 Å². The Morgan fingerprint density at radius 1 is 1.25 bits per heavy atom. The summed E-state index contributed by atoms with van der Waals surface area (Å²) in [5.41, 5.74) is 1.21. The van der Waals surface area contributed by atoms with E-state index in [9.17, 15) is 4.79 Å². The van der Waals surface area contributed by atoms with Crippen LogP contribution in [0.2, 0.25) is 0 Å². The highest BCUT2D eigenvalue weighted by molar-refractivity contribution is 5.78. The molecule has 1 fully saturated rings. The second-order valence-electron chi connectivity index (χ2n) is 5.44. The van der Waals surface area contributed by atoms with Crippen LogP contribution in [0, 0.1) is 5.92 Å². The van der Waals surface area contributed by atoms with Crippen LogP contribution in [0.5, 0.6) is 5.75 Å². The summed E-state index contributed by atoms with van der Waals surface area (Å²) in [6.45, 7) is 3.25. The van der Waals surface area contributed by atoms with Gasteiger partial charge in [-0.3, -0.25) is 4.79 Å². The summed E-state index contributed by atoms with van der Waals surface area (Å²) in [6, 6.07) is 8.07. The molecule has 0 unspecified atom stereocenters. The van der Waals surface area contributed by atoms with Crippen molar-refractivity contribution in [1.29, 1.82) is 0 Å². The quantitative estimate of drug-likeness (QED) is 0.809. The van der Waals surface area contributed by atoms with E-state index in [1.807, 2.05) is 18.2 Å². The molecule has 0 heterocycles. The van der Waals surface area contributed by atoms with Crippen LogP contribution >= 0.6 is 0 Å². The first-order valence-electron chi connectivity index (χ1n) is 7.79. The van der Waals surface area contributed by atoms with Crippen LogP contribution in [0.25, 0.3) is 0 Å². The smallest absolute Gasteiger partial charge is 0.223 e. The van der Waals surface area contributed by atoms with Gasteiger partial charge in [0.15, 0.2) is 0 Å². The molecule has 110 valence electrons. The van der Waals surface area contributed by atoms with E-state index in [0.717, 1.165) is 25.0 Å². The maximum Gasteiger partial charge on any atom is 0.223 e. The Hall–Kier alpha value is -1.51. The van der Waals surface area contributed by atoms with E-state index in [1.165, 1.54) is 24.8 Å². The molecule has 0 atom stereocenters. The molecule has 1 aliphatic rings. The average molecular weight is 275 g/mol. The summed E-state index contributed by atoms with van der Waals surface area (Å²) in [4.78, 5) is 12.0. The SMILES string of the molecule is CCc1ccccc1OCCNC(=O)C1CCCCC1. The summed E-state index contributed by atoms with van der Waals surface area (Å²) in [5.74, 6) is 1.37. The van der Waals surface area contributed by atoms with Gasteiger partial charge in [0, 0.05) is 5.92 Å². The lowest BCUT2D eigenvalue weighted by molar-refractivity contribution is -0.126. The normalized spacial score (nSPS) is 15.8. The van der Waals surface area contributed by atoms with Gasteiger partial charge in [-0.2, -0.15) is 0 Å². The van der Waals surface area contributed by atoms with Gasteiger partial charge in [0.25, 0.3) is 0 Å². The van der Waals surface area contributed by atoms with Gasteiger partial charge < -0.3 is 10.1 Å². The zero-order valence-electron chi connectivity index (χ0n) is 12.4. The van der Waals surface area contributed by atoms with E-state index in [0.29, 0.717) is 13.2 Å². The number of carbonyl (C=O) groups excluding carboxylic acids is 1. The average Bonchev–Trinajstić information content (AvgIpc) is 2.52. The molecular weight excluding hydrogens is 250 g/mol. The number of hydrogen-bond acceptors (Lipinski definition) is 2. The third kappa shape index (κ3) is 4.26. The Morgan fingerprint density at radius 3 is 2.75 bits per heavy atom. The number of hydrogen-bond donors (Lipinski definition) is 1. The molecule has 0 radical (unpaired) electrons. The largest absolute Gasteiger partial charge is 0.491 e. The molecule has 1 amide bonds. The molecule has 2 rings (SSSR count). The zero-order valence-corrected chi connectivity index (χ0v) is 12.4. The van der Waals surface area contributed by atoms with Crippen LogP contribution in [0.3, 0.4) is 0 Å². The van der Waals surface area contributed by atoms with E-state index in [1.54, 1.807) is 0 Å². The Kier molecular flexibility index (Phi) is 5.90. The van der Waals surface area contributed by atoms with Gasteiger partial charge in [0.2, 0.25) is 5.91 Å². The molecule has 0 saturated heterocycles. The van der Waals surface area contributed by atoms with Crippen molar-refractivity contribution in [3.63, 3.8) is 0 Å². The van der Waals surface area contributed by atoms with E-state index in [4.69, 9.17) is 4.74 Å². The minimum absolute atomic E-state index is 0.206. The van der Waals surface area contributed by atoms with Crippen LogP contribution < -0.4 is 10.1 Å². The van der Waals surface area contributed by atoms with Crippen molar-refractivity contribution in [1.82, 2.24) is 5.32 Å². The van der Waals surface area contributed by atoms with Crippen molar-refractivity contribution in [2.24, 2.45) is 5.92 Å². The highest BCUT2D eigenvalue weighted by Gasteiger charge is 2.20. The Balaban J connectivity index is 1.69. The molecule has 1 aliphatic carbocycles. The van der Waals surface area contributed by atoms with Crippen LogP contribution in [0.1, 0.15) is 44.6 Å². The third-order valence-electron chi connectivity index (χ3n) is 3.99. The summed E-state index contributed by atoms with van der Waals surface area (Å²) in [5, 5.41) is 3.00. The Labute approximate surface area is 121 Å². The predicted molar refractivity (Wildman–Crippen MR) is 80.9 cm³/mol. The monoisotopic (exact) mass is 275 g/mol. The van der Waals surface area contributed by atoms with E-state index >= 15 is 0 Å². The highest BCUT2D eigenvalue weighted by atomic mass is 16.5. The fraction of sp³-hybridized carbons (Fsp3) is 0.588. The molecule has 0 aliphatic heterocycles. The third-order valence-corrected chi connectivity index (χ3v) is 3.99. The first-order valence-corrected chi connectivity index (χ1v) is 7.79. The van der Waals surface area contributed by atoms with Gasteiger partial charge in [-0.1, -0.05) is 44.4 Å². The maximum absolute atomic E-state index is 12.0. The minimum atomic E-state index is 0.206. The number of aryl methyl sites for hydroxylation is 1. The van der Waals surface area contributed by atoms with E-state index in [-0.39, 0.29) is 11.8 Å². The van der Waals surface area contributed by atoms with E-state index < -0.39 is 0 Å². The van der Waals surface area contributed by atoms with Gasteiger partial charge in [0.1, 0.15) is 12.4 Å². The number of amides is 1. The fourth-order valence-electron chi connectivity index (χ4n) is 2.78. The molecule has 3 nitrogen and oxygen atoms in total. The van der Waals surface area contributed by atoms with Crippen LogP contribution in [0.4, 0.5) is 0 Å². The first-order chi connectivity index (χ1) is 9.81. The van der Waals surface area contributed by atoms with Crippen molar-refractivity contribution < 1.29 is 9.53 Å². The van der Waals surface area contributed by atoms with Gasteiger partial charge in [-0.05, 0) is 30.9 Å². The topological polar surface area (TPSA) is 38.3 Å². The lowest BCUT2D eigenvalue weighted by atomic mass is 9.89.